The average molecular weight is 296 g/mol. The number of benzene rings is 1. The maximum Gasteiger partial charge on any atom is 0.238 e. The SMILES string of the molecule is NS(=O)(=O)c1ccc(CNC(=O)Cc2nn[nH]n2)cc1. The van der Waals surface area contributed by atoms with Crippen molar-refractivity contribution in [2.45, 2.75) is 17.9 Å². The molecule has 106 valence electrons. The highest BCUT2D eigenvalue weighted by Gasteiger charge is 2.08. The van der Waals surface area contributed by atoms with Gasteiger partial charge >= 0.3 is 0 Å². The number of aromatic amines is 1. The number of hydrogen-bond donors (Lipinski definition) is 3. The van der Waals surface area contributed by atoms with Crippen LogP contribution in [0.1, 0.15) is 11.4 Å². The van der Waals surface area contributed by atoms with Gasteiger partial charge in [-0.2, -0.15) is 5.21 Å². The quantitative estimate of drug-likeness (QED) is 0.626. The van der Waals surface area contributed by atoms with Crippen molar-refractivity contribution in [1.82, 2.24) is 25.9 Å². The van der Waals surface area contributed by atoms with E-state index in [-0.39, 0.29) is 23.8 Å². The molecule has 4 N–H and O–H groups in total. The molecule has 0 unspecified atom stereocenters. The first kappa shape index (κ1) is 14.1. The van der Waals surface area contributed by atoms with E-state index in [1.165, 1.54) is 12.1 Å². The summed E-state index contributed by atoms with van der Waals surface area (Å²) >= 11 is 0. The molecule has 0 radical (unpaired) electrons. The molecule has 1 amide bonds. The Labute approximate surface area is 114 Å². The zero-order valence-electron chi connectivity index (χ0n) is 10.3. The number of nitrogens with two attached hydrogens (primary N) is 1. The average Bonchev–Trinajstić information content (AvgIpc) is 2.88. The molecule has 9 nitrogen and oxygen atoms in total. The highest BCUT2D eigenvalue weighted by atomic mass is 32.2. The summed E-state index contributed by atoms with van der Waals surface area (Å²) in [4.78, 5) is 11.6. The molecule has 2 aromatic rings. The van der Waals surface area contributed by atoms with Crippen LogP contribution in [0.5, 0.6) is 0 Å². The molecule has 2 rings (SSSR count). The molecular formula is C10H12N6O3S. The van der Waals surface area contributed by atoms with Gasteiger partial charge in [-0.15, -0.1) is 10.2 Å². The number of aromatic nitrogens is 4. The Bertz CT molecular complexity index is 680. The lowest BCUT2D eigenvalue weighted by Crippen LogP contribution is -2.25. The first-order valence-electron chi connectivity index (χ1n) is 5.56. The number of hydrogen-bond acceptors (Lipinski definition) is 6. The van der Waals surface area contributed by atoms with Gasteiger partial charge in [0.15, 0.2) is 5.82 Å². The summed E-state index contributed by atoms with van der Waals surface area (Å²) in [5.74, 6) is 0.0361. The van der Waals surface area contributed by atoms with Crippen LogP contribution in [0.4, 0.5) is 0 Å². The smallest absolute Gasteiger partial charge is 0.238 e. The molecule has 0 atom stereocenters. The van der Waals surface area contributed by atoms with E-state index < -0.39 is 10.0 Å². The highest BCUT2D eigenvalue weighted by Crippen LogP contribution is 2.08. The van der Waals surface area contributed by atoms with Crippen molar-refractivity contribution in [3.8, 4) is 0 Å². The van der Waals surface area contributed by atoms with Crippen LogP contribution in [0, 0.1) is 0 Å². The topological polar surface area (TPSA) is 144 Å². The minimum atomic E-state index is -3.70. The van der Waals surface area contributed by atoms with Gasteiger partial charge in [-0.1, -0.05) is 17.3 Å². The van der Waals surface area contributed by atoms with Crippen molar-refractivity contribution in [2.75, 3.05) is 0 Å². The second-order valence-corrected chi connectivity index (χ2v) is 5.53. The second kappa shape index (κ2) is 5.75. The first-order chi connectivity index (χ1) is 9.45. The maximum absolute atomic E-state index is 11.6. The molecule has 0 aliphatic carbocycles. The standard InChI is InChI=1S/C10H12N6O3S/c11-20(18,19)8-3-1-7(2-4-8)6-12-10(17)5-9-13-15-16-14-9/h1-4H,5-6H2,(H,12,17)(H2,11,18,19)(H,13,14,15,16). The summed E-state index contributed by atoms with van der Waals surface area (Å²) in [5.41, 5.74) is 0.749. The highest BCUT2D eigenvalue weighted by molar-refractivity contribution is 7.89. The van der Waals surface area contributed by atoms with Crippen LogP contribution in [0.2, 0.25) is 0 Å². The van der Waals surface area contributed by atoms with Crippen LogP contribution in [0.15, 0.2) is 29.2 Å². The van der Waals surface area contributed by atoms with E-state index in [2.05, 4.69) is 25.9 Å². The fourth-order valence-corrected chi connectivity index (χ4v) is 1.98. The van der Waals surface area contributed by atoms with Crippen molar-refractivity contribution >= 4 is 15.9 Å². The van der Waals surface area contributed by atoms with Crippen molar-refractivity contribution < 1.29 is 13.2 Å². The number of carbonyl (C=O) groups excluding carboxylic acids is 1. The molecule has 1 aromatic heterocycles. The van der Waals surface area contributed by atoms with Crippen molar-refractivity contribution in [2.24, 2.45) is 5.14 Å². The third kappa shape index (κ3) is 3.83. The summed E-state index contributed by atoms with van der Waals surface area (Å²) in [5, 5.41) is 20.6. The first-order valence-corrected chi connectivity index (χ1v) is 7.10. The zero-order valence-corrected chi connectivity index (χ0v) is 11.1. The van der Waals surface area contributed by atoms with Crippen molar-refractivity contribution in [3.63, 3.8) is 0 Å². The third-order valence-corrected chi connectivity index (χ3v) is 3.38. The van der Waals surface area contributed by atoms with Gasteiger partial charge < -0.3 is 5.32 Å². The molecule has 0 saturated heterocycles. The van der Waals surface area contributed by atoms with Gasteiger partial charge in [0.25, 0.3) is 0 Å². The van der Waals surface area contributed by atoms with E-state index >= 15 is 0 Å². The molecule has 0 spiro atoms. The maximum atomic E-state index is 11.6. The van der Waals surface area contributed by atoms with Gasteiger partial charge in [-0.3, -0.25) is 4.79 Å². The molecule has 1 heterocycles. The Kier molecular flexibility index (Phi) is 4.05. The lowest BCUT2D eigenvalue weighted by atomic mass is 10.2. The van der Waals surface area contributed by atoms with Crippen LogP contribution in [-0.4, -0.2) is 34.9 Å². The fraction of sp³-hybridized carbons (Fsp3) is 0.200. The number of tetrazole rings is 1. The lowest BCUT2D eigenvalue weighted by Gasteiger charge is -2.04. The van der Waals surface area contributed by atoms with Crippen molar-refractivity contribution in [3.05, 3.63) is 35.7 Å². The minimum absolute atomic E-state index is 0.0196. The summed E-state index contributed by atoms with van der Waals surface area (Å²) in [6.07, 6.45) is 0.0196. The zero-order chi connectivity index (χ0) is 14.6. The Morgan fingerprint density at radius 2 is 2.00 bits per heavy atom. The van der Waals surface area contributed by atoms with Gasteiger partial charge in [0, 0.05) is 6.54 Å². The third-order valence-electron chi connectivity index (χ3n) is 2.45. The summed E-state index contributed by atoms with van der Waals surface area (Å²) in [6.45, 7) is 0.265. The van der Waals surface area contributed by atoms with Gasteiger partial charge in [-0.05, 0) is 17.7 Å². The molecule has 0 aliphatic rings. The molecular weight excluding hydrogens is 284 g/mol. The normalized spacial score (nSPS) is 11.2. The molecule has 0 saturated carbocycles. The van der Waals surface area contributed by atoms with Crippen LogP contribution >= 0.6 is 0 Å². The number of nitrogens with one attached hydrogen (secondary N) is 2. The fourth-order valence-electron chi connectivity index (χ4n) is 1.46. The predicted octanol–water partition coefficient (Wildman–Crippen LogP) is -1.29. The van der Waals surface area contributed by atoms with Gasteiger partial charge in [0.2, 0.25) is 15.9 Å². The Morgan fingerprint density at radius 1 is 1.30 bits per heavy atom. The molecule has 0 bridgehead atoms. The molecule has 0 fully saturated rings. The lowest BCUT2D eigenvalue weighted by molar-refractivity contribution is -0.120. The van der Waals surface area contributed by atoms with Crippen LogP contribution < -0.4 is 10.5 Å². The Balaban J connectivity index is 1.89. The van der Waals surface area contributed by atoms with E-state index in [0.29, 0.717) is 5.82 Å². The van der Waals surface area contributed by atoms with Crippen LogP contribution in [0.3, 0.4) is 0 Å². The number of rotatable bonds is 5. The Hall–Kier alpha value is -2.33. The number of amides is 1. The predicted molar refractivity (Wildman–Crippen MR) is 67.5 cm³/mol. The number of H-pyrrole nitrogens is 1. The van der Waals surface area contributed by atoms with Crippen LogP contribution in [-0.2, 0) is 27.8 Å². The number of carbonyl (C=O) groups is 1. The number of primary sulfonamides is 1. The van der Waals surface area contributed by atoms with Crippen molar-refractivity contribution in [1.29, 1.82) is 0 Å². The monoisotopic (exact) mass is 296 g/mol. The van der Waals surface area contributed by atoms with E-state index in [1.807, 2.05) is 0 Å². The van der Waals surface area contributed by atoms with Crippen LogP contribution in [0.25, 0.3) is 0 Å². The summed E-state index contributed by atoms with van der Waals surface area (Å²) in [6, 6.07) is 5.93. The van der Waals surface area contributed by atoms with E-state index in [1.54, 1.807) is 12.1 Å². The number of sulfonamides is 1. The summed E-state index contributed by atoms with van der Waals surface area (Å²) in [7, 11) is -3.70. The van der Waals surface area contributed by atoms with Gasteiger partial charge in [-0.25, -0.2) is 13.6 Å². The van der Waals surface area contributed by atoms with Gasteiger partial charge in [0.1, 0.15) is 0 Å². The summed E-state index contributed by atoms with van der Waals surface area (Å²) < 4.78 is 22.1. The minimum Gasteiger partial charge on any atom is -0.352 e. The van der Waals surface area contributed by atoms with E-state index in [9.17, 15) is 13.2 Å². The largest absolute Gasteiger partial charge is 0.352 e. The number of nitrogens with zero attached hydrogens (tertiary/aromatic N) is 3. The van der Waals surface area contributed by atoms with E-state index in [0.717, 1.165) is 5.56 Å². The molecule has 0 aliphatic heterocycles. The second-order valence-electron chi connectivity index (χ2n) is 3.97. The molecule has 1 aromatic carbocycles. The van der Waals surface area contributed by atoms with E-state index in [4.69, 9.17) is 5.14 Å². The Morgan fingerprint density at radius 3 is 2.55 bits per heavy atom. The van der Waals surface area contributed by atoms with Gasteiger partial charge in [0.05, 0.1) is 11.3 Å². The molecule has 10 heteroatoms. The molecule has 20 heavy (non-hydrogen) atoms.